The topological polar surface area (TPSA) is 26.3 Å². The maximum atomic E-state index is 10.2. The van der Waals surface area contributed by atoms with Crippen molar-refractivity contribution < 1.29 is 6.15 Å². The summed E-state index contributed by atoms with van der Waals surface area (Å²) in [5.74, 6) is 0. The van der Waals surface area contributed by atoms with Gasteiger partial charge in [-0.2, -0.15) is 0 Å². The fourth-order valence-electron chi connectivity index (χ4n) is 1.18. The Labute approximate surface area is 86.2 Å². The summed E-state index contributed by atoms with van der Waals surface area (Å²) < 4.78 is 15.3. The Bertz CT molecular complexity index is 107. The average molecular weight is 278 g/mol. The van der Waals surface area contributed by atoms with Crippen molar-refractivity contribution in [1.29, 1.82) is 0 Å². The van der Waals surface area contributed by atoms with Gasteiger partial charge in [0.2, 0.25) is 0 Å². The van der Waals surface area contributed by atoms with Crippen LogP contribution in [0.4, 0.5) is 0 Å². The number of hydrogen-bond donors (Lipinski definition) is 0. The summed E-state index contributed by atoms with van der Waals surface area (Å²) in [6.45, 7) is 4.23. The van der Waals surface area contributed by atoms with Crippen LogP contribution in [-0.2, 0) is 6.15 Å². The Morgan fingerprint density at radius 3 is 2.50 bits per heavy atom. The molecule has 1 atom stereocenters. The monoisotopic (exact) mass is 279 g/mol. The SMILES string of the molecule is CCCCCCCC(C)[O][Sn]=[O]. The zero-order chi connectivity index (χ0) is 9.23. The van der Waals surface area contributed by atoms with Gasteiger partial charge >= 0.3 is 86.2 Å². The van der Waals surface area contributed by atoms with Crippen LogP contribution in [0.15, 0.2) is 0 Å². The molecule has 1 radical (unpaired) electrons. The van der Waals surface area contributed by atoms with Crippen LogP contribution in [0, 0.1) is 0 Å². The van der Waals surface area contributed by atoms with E-state index < -0.39 is 21.5 Å². The molecule has 71 valence electrons. The van der Waals surface area contributed by atoms with Gasteiger partial charge in [0, 0.05) is 0 Å². The van der Waals surface area contributed by atoms with Gasteiger partial charge in [0.1, 0.15) is 0 Å². The van der Waals surface area contributed by atoms with Crippen LogP contribution in [0.2, 0.25) is 0 Å². The first-order chi connectivity index (χ1) is 5.81. The van der Waals surface area contributed by atoms with Gasteiger partial charge in [-0.25, -0.2) is 0 Å². The Balaban J connectivity index is 3.02. The molecule has 0 saturated carbocycles. The first-order valence-electron chi connectivity index (χ1n) is 4.84. The molecule has 0 saturated heterocycles. The summed E-state index contributed by atoms with van der Waals surface area (Å²) in [4.78, 5) is 0. The van der Waals surface area contributed by atoms with Gasteiger partial charge < -0.3 is 0 Å². The van der Waals surface area contributed by atoms with Crippen LogP contribution in [0.1, 0.15) is 52.4 Å². The number of rotatable bonds is 8. The summed E-state index contributed by atoms with van der Waals surface area (Å²) in [5, 5.41) is 0. The van der Waals surface area contributed by atoms with E-state index in [1.54, 1.807) is 0 Å². The van der Waals surface area contributed by atoms with E-state index in [0.29, 0.717) is 0 Å². The molecule has 3 heteroatoms. The summed E-state index contributed by atoms with van der Waals surface area (Å²) in [6, 6.07) is 0. The molecule has 0 rings (SSSR count). The molecule has 0 aromatic carbocycles. The number of hydrogen-bond acceptors (Lipinski definition) is 2. The van der Waals surface area contributed by atoms with E-state index in [1.807, 2.05) is 6.92 Å². The average Bonchev–Trinajstić information content (AvgIpc) is 2.05. The van der Waals surface area contributed by atoms with E-state index in [-0.39, 0.29) is 6.10 Å². The zero-order valence-corrected chi connectivity index (χ0v) is 11.0. The maximum absolute atomic E-state index is 10.2. The molecule has 0 bridgehead atoms. The third-order valence-corrected chi connectivity index (χ3v) is 3.39. The van der Waals surface area contributed by atoms with E-state index in [4.69, 9.17) is 3.07 Å². The van der Waals surface area contributed by atoms with Gasteiger partial charge in [-0.3, -0.25) is 0 Å². The molecule has 0 aliphatic heterocycles. The van der Waals surface area contributed by atoms with E-state index in [2.05, 4.69) is 6.92 Å². The first kappa shape index (κ1) is 12.6. The van der Waals surface area contributed by atoms with E-state index in [9.17, 15) is 3.08 Å². The summed E-state index contributed by atoms with van der Waals surface area (Å²) >= 11 is -1.66. The van der Waals surface area contributed by atoms with Gasteiger partial charge in [0.05, 0.1) is 0 Å². The summed E-state index contributed by atoms with van der Waals surface area (Å²) in [5.41, 5.74) is 0. The minimum absolute atomic E-state index is 0.232. The van der Waals surface area contributed by atoms with Gasteiger partial charge in [-0.15, -0.1) is 0 Å². The summed E-state index contributed by atoms with van der Waals surface area (Å²) in [7, 11) is 0. The molecule has 0 N–H and O–H groups in total. The fourth-order valence-corrected chi connectivity index (χ4v) is 1.98. The van der Waals surface area contributed by atoms with E-state index >= 15 is 0 Å². The van der Waals surface area contributed by atoms with Crippen LogP contribution in [0.3, 0.4) is 0 Å². The zero-order valence-electron chi connectivity index (χ0n) is 8.14. The van der Waals surface area contributed by atoms with Crippen molar-refractivity contribution in [1.82, 2.24) is 0 Å². The van der Waals surface area contributed by atoms with Crippen LogP contribution < -0.4 is 0 Å². The summed E-state index contributed by atoms with van der Waals surface area (Å²) in [6.07, 6.45) is 7.80. The normalized spacial score (nSPS) is 12.8. The molecule has 0 aliphatic rings. The molecule has 0 aromatic rings. The minimum atomic E-state index is -1.66. The molecular weight excluding hydrogens is 259 g/mol. The molecule has 0 aliphatic carbocycles. The van der Waals surface area contributed by atoms with Crippen LogP contribution in [0.5, 0.6) is 0 Å². The third kappa shape index (κ3) is 8.65. The quantitative estimate of drug-likeness (QED) is 0.504. The molecule has 0 amide bonds. The van der Waals surface area contributed by atoms with E-state index in [1.165, 1.54) is 32.1 Å². The fraction of sp³-hybridized carbons (Fsp3) is 1.00. The molecule has 0 heterocycles. The van der Waals surface area contributed by atoms with E-state index in [0.717, 1.165) is 6.42 Å². The second-order valence-corrected chi connectivity index (χ2v) is 4.36. The van der Waals surface area contributed by atoms with Gasteiger partial charge in [-0.05, 0) is 0 Å². The number of unbranched alkanes of at least 4 members (excludes halogenated alkanes) is 4. The first-order valence-corrected chi connectivity index (χ1v) is 7.17. The van der Waals surface area contributed by atoms with Crippen LogP contribution >= 0.6 is 0 Å². The Morgan fingerprint density at radius 2 is 1.92 bits per heavy atom. The second kappa shape index (κ2) is 9.65. The second-order valence-electron chi connectivity index (χ2n) is 3.21. The van der Waals surface area contributed by atoms with Crippen molar-refractivity contribution in [2.75, 3.05) is 0 Å². The van der Waals surface area contributed by atoms with Crippen molar-refractivity contribution in [2.24, 2.45) is 0 Å². The Hall–Kier alpha value is 0.559. The van der Waals surface area contributed by atoms with Crippen molar-refractivity contribution in [3.8, 4) is 0 Å². The molecule has 12 heavy (non-hydrogen) atoms. The predicted molar refractivity (Wildman–Crippen MR) is 50.4 cm³/mol. The molecule has 0 spiro atoms. The molecular formula is C9H19O2Sn. The Morgan fingerprint density at radius 1 is 1.25 bits per heavy atom. The van der Waals surface area contributed by atoms with Crippen molar-refractivity contribution in [3.63, 3.8) is 0 Å². The molecule has 2 nitrogen and oxygen atoms in total. The standard InChI is InChI=1S/C9H19O.O.Sn/c1-3-4-5-6-7-8-9(2)10;;/h9H,3-8H2,1-2H3;;/q-1;;+1. The molecule has 0 aromatic heterocycles. The molecule has 1 unspecified atom stereocenters. The third-order valence-electron chi connectivity index (χ3n) is 1.96. The van der Waals surface area contributed by atoms with Gasteiger partial charge in [0.15, 0.2) is 0 Å². The van der Waals surface area contributed by atoms with Gasteiger partial charge in [-0.1, -0.05) is 0 Å². The van der Waals surface area contributed by atoms with Crippen molar-refractivity contribution in [2.45, 2.75) is 58.5 Å². The van der Waals surface area contributed by atoms with Gasteiger partial charge in [0.25, 0.3) is 0 Å². The van der Waals surface area contributed by atoms with Crippen molar-refractivity contribution in [3.05, 3.63) is 0 Å². The molecule has 0 fully saturated rings. The van der Waals surface area contributed by atoms with Crippen LogP contribution in [-0.4, -0.2) is 27.6 Å². The van der Waals surface area contributed by atoms with Crippen molar-refractivity contribution >= 4 is 21.5 Å². The predicted octanol–water partition coefficient (Wildman–Crippen LogP) is 2.72. The van der Waals surface area contributed by atoms with Crippen LogP contribution in [0.25, 0.3) is 0 Å². The Kier molecular flexibility index (Phi) is 10.1.